The largest absolute Gasteiger partial charge is 0.392 e. The fraction of sp³-hybridized carbons (Fsp3) is 1.00. The quantitative estimate of drug-likeness (QED) is 0.590. The van der Waals surface area contributed by atoms with E-state index in [2.05, 4.69) is 9.44 Å². The molecule has 0 saturated heterocycles. The van der Waals surface area contributed by atoms with Crippen LogP contribution in [0.3, 0.4) is 0 Å². The van der Waals surface area contributed by atoms with Crippen LogP contribution < -0.4 is 9.44 Å². The van der Waals surface area contributed by atoms with Crippen LogP contribution in [0, 0.1) is 0 Å². The molecular weight excluding hydrogens is 192 g/mol. The van der Waals surface area contributed by atoms with E-state index in [0.717, 1.165) is 0 Å². The van der Waals surface area contributed by atoms with Crippen LogP contribution in [-0.4, -0.2) is 31.7 Å². The second-order valence-corrected chi connectivity index (χ2v) is 5.55. The van der Waals surface area contributed by atoms with Crippen LogP contribution in [0.15, 0.2) is 0 Å². The third-order valence-corrected chi connectivity index (χ3v) is 2.44. The van der Waals surface area contributed by atoms with E-state index in [1.165, 1.54) is 6.92 Å². The molecule has 0 aromatic rings. The van der Waals surface area contributed by atoms with E-state index >= 15 is 0 Å². The number of hydrogen-bond donors (Lipinski definition) is 3. The minimum atomic E-state index is -3.49. The van der Waals surface area contributed by atoms with Gasteiger partial charge in [-0.05, 0) is 27.7 Å². The molecule has 0 aliphatic heterocycles. The minimum Gasteiger partial charge on any atom is -0.392 e. The van der Waals surface area contributed by atoms with Crippen molar-refractivity contribution < 1.29 is 13.5 Å². The zero-order chi connectivity index (χ0) is 10.7. The molecule has 5 nitrogen and oxygen atoms in total. The smallest absolute Gasteiger partial charge is 0.277 e. The number of aliphatic hydroxyl groups is 1. The lowest BCUT2D eigenvalue weighted by molar-refractivity contribution is 0.198. The molecular formula is C7H18N2O3S. The monoisotopic (exact) mass is 210 g/mol. The number of aliphatic hydroxyl groups excluding tert-OH is 1. The third-order valence-electron chi connectivity index (χ3n) is 1.01. The molecule has 0 fully saturated rings. The summed E-state index contributed by atoms with van der Waals surface area (Å²) < 4.78 is 27.1. The lowest BCUT2D eigenvalue weighted by Gasteiger charge is -2.20. The average molecular weight is 210 g/mol. The summed E-state index contributed by atoms with van der Waals surface area (Å²) in [6.07, 6.45) is -0.684. The summed E-state index contributed by atoms with van der Waals surface area (Å²) in [6, 6.07) is 0. The Kier molecular flexibility index (Phi) is 4.31. The Balaban J connectivity index is 4.11. The van der Waals surface area contributed by atoms with Crippen LogP contribution in [0.4, 0.5) is 0 Å². The highest BCUT2D eigenvalue weighted by Crippen LogP contribution is 2.00. The second-order valence-electron chi connectivity index (χ2n) is 4.05. The van der Waals surface area contributed by atoms with Gasteiger partial charge in [-0.15, -0.1) is 0 Å². The van der Waals surface area contributed by atoms with E-state index in [0.29, 0.717) is 0 Å². The highest BCUT2D eigenvalue weighted by molar-refractivity contribution is 7.87. The van der Waals surface area contributed by atoms with Gasteiger partial charge in [0, 0.05) is 12.1 Å². The molecule has 0 aromatic heterocycles. The zero-order valence-corrected chi connectivity index (χ0v) is 9.27. The van der Waals surface area contributed by atoms with Gasteiger partial charge in [-0.1, -0.05) is 0 Å². The van der Waals surface area contributed by atoms with E-state index in [1.54, 1.807) is 20.8 Å². The summed E-state index contributed by atoms with van der Waals surface area (Å²) in [6.45, 7) is 6.77. The molecule has 3 N–H and O–H groups in total. The molecule has 0 aliphatic carbocycles. The normalized spacial score (nSPS) is 15.8. The van der Waals surface area contributed by atoms with Gasteiger partial charge in [0.1, 0.15) is 0 Å². The Hall–Kier alpha value is -0.170. The number of hydrogen-bond acceptors (Lipinski definition) is 3. The van der Waals surface area contributed by atoms with E-state index in [-0.39, 0.29) is 6.54 Å². The first-order valence-electron chi connectivity index (χ1n) is 4.09. The number of nitrogens with one attached hydrogen (secondary N) is 2. The fourth-order valence-electron chi connectivity index (χ4n) is 0.669. The summed E-state index contributed by atoms with van der Waals surface area (Å²) in [4.78, 5) is 0. The van der Waals surface area contributed by atoms with Crippen molar-refractivity contribution in [3.63, 3.8) is 0 Å². The van der Waals surface area contributed by atoms with Crippen LogP contribution >= 0.6 is 0 Å². The molecule has 0 heterocycles. The first-order chi connectivity index (χ1) is 5.62. The Morgan fingerprint density at radius 2 is 1.85 bits per heavy atom. The summed E-state index contributed by atoms with van der Waals surface area (Å²) >= 11 is 0. The molecule has 80 valence electrons. The Morgan fingerprint density at radius 3 is 2.15 bits per heavy atom. The molecule has 0 radical (unpaired) electrons. The molecule has 0 amide bonds. The van der Waals surface area contributed by atoms with Crippen molar-refractivity contribution in [2.75, 3.05) is 6.54 Å². The van der Waals surface area contributed by atoms with Crippen LogP contribution in [0.25, 0.3) is 0 Å². The highest BCUT2D eigenvalue weighted by atomic mass is 32.2. The fourth-order valence-corrected chi connectivity index (χ4v) is 2.01. The van der Waals surface area contributed by atoms with Gasteiger partial charge >= 0.3 is 0 Å². The van der Waals surface area contributed by atoms with Gasteiger partial charge in [-0.25, -0.2) is 0 Å². The lowest BCUT2D eigenvalue weighted by Crippen LogP contribution is -2.48. The molecule has 6 heteroatoms. The zero-order valence-electron chi connectivity index (χ0n) is 8.46. The van der Waals surface area contributed by atoms with Crippen molar-refractivity contribution in [1.82, 2.24) is 9.44 Å². The first kappa shape index (κ1) is 12.8. The molecule has 0 saturated carbocycles. The first-order valence-corrected chi connectivity index (χ1v) is 5.57. The van der Waals surface area contributed by atoms with Crippen molar-refractivity contribution in [1.29, 1.82) is 0 Å². The maximum absolute atomic E-state index is 11.2. The highest BCUT2D eigenvalue weighted by Gasteiger charge is 2.19. The van der Waals surface area contributed by atoms with E-state index in [4.69, 9.17) is 5.11 Å². The number of rotatable bonds is 4. The van der Waals surface area contributed by atoms with Gasteiger partial charge in [-0.3, -0.25) is 0 Å². The topological polar surface area (TPSA) is 78.4 Å². The molecule has 13 heavy (non-hydrogen) atoms. The van der Waals surface area contributed by atoms with Crippen LogP contribution in [0.2, 0.25) is 0 Å². The summed E-state index contributed by atoms with van der Waals surface area (Å²) in [5.41, 5.74) is -0.509. The maximum Gasteiger partial charge on any atom is 0.277 e. The predicted molar refractivity (Wildman–Crippen MR) is 51.5 cm³/mol. The van der Waals surface area contributed by atoms with Crippen molar-refractivity contribution in [3.8, 4) is 0 Å². The Bertz CT molecular complexity index is 241. The van der Waals surface area contributed by atoms with E-state index < -0.39 is 21.9 Å². The van der Waals surface area contributed by atoms with Gasteiger partial charge in [0.25, 0.3) is 10.2 Å². The van der Waals surface area contributed by atoms with Crippen LogP contribution in [0.1, 0.15) is 27.7 Å². The molecule has 0 bridgehead atoms. The van der Waals surface area contributed by atoms with Crippen LogP contribution in [-0.2, 0) is 10.2 Å². The van der Waals surface area contributed by atoms with E-state index in [9.17, 15) is 8.42 Å². The third kappa shape index (κ3) is 8.17. The SMILES string of the molecule is C[C@@H](O)CNS(=O)(=O)NC(C)(C)C. The van der Waals surface area contributed by atoms with Gasteiger partial charge in [0.05, 0.1) is 6.10 Å². The average Bonchev–Trinajstić information content (AvgIpc) is 1.78. The van der Waals surface area contributed by atoms with Crippen molar-refractivity contribution in [2.45, 2.75) is 39.3 Å². The molecule has 1 atom stereocenters. The summed E-state index contributed by atoms with van der Waals surface area (Å²) in [7, 11) is -3.49. The predicted octanol–water partition coefficient (Wildman–Crippen LogP) is -0.410. The molecule has 0 spiro atoms. The molecule has 0 unspecified atom stereocenters. The standard InChI is InChI=1S/C7H18N2O3S/c1-6(10)5-8-13(11,12)9-7(2,3)4/h6,8-10H,5H2,1-4H3/t6-/m1/s1. The second kappa shape index (κ2) is 4.36. The minimum absolute atomic E-state index is 0.0193. The van der Waals surface area contributed by atoms with Gasteiger partial charge < -0.3 is 5.11 Å². The lowest BCUT2D eigenvalue weighted by atomic mass is 10.1. The molecule has 0 aliphatic rings. The summed E-state index contributed by atoms with van der Waals surface area (Å²) in [5, 5.41) is 8.86. The molecule has 0 aromatic carbocycles. The van der Waals surface area contributed by atoms with Gasteiger partial charge in [0.2, 0.25) is 0 Å². The van der Waals surface area contributed by atoms with Crippen molar-refractivity contribution in [2.24, 2.45) is 0 Å². The van der Waals surface area contributed by atoms with Crippen molar-refractivity contribution >= 4 is 10.2 Å². The maximum atomic E-state index is 11.2. The van der Waals surface area contributed by atoms with E-state index in [1.807, 2.05) is 0 Å². The summed E-state index contributed by atoms with van der Waals surface area (Å²) in [5.74, 6) is 0. The van der Waals surface area contributed by atoms with Gasteiger partial charge in [0.15, 0.2) is 0 Å². The van der Waals surface area contributed by atoms with Crippen molar-refractivity contribution in [3.05, 3.63) is 0 Å². The Labute approximate surface area is 79.7 Å². The van der Waals surface area contributed by atoms with Crippen LogP contribution in [0.5, 0.6) is 0 Å². The van der Waals surface area contributed by atoms with Gasteiger partial charge in [-0.2, -0.15) is 17.9 Å². The Morgan fingerprint density at radius 1 is 1.38 bits per heavy atom. The molecule has 0 rings (SSSR count).